The van der Waals surface area contributed by atoms with Crippen LogP contribution in [0.5, 0.6) is 0 Å². The highest BCUT2D eigenvalue weighted by Crippen LogP contribution is 2.29. The van der Waals surface area contributed by atoms with E-state index in [4.69, 9.17) is 17.3 Å². The molecule has 0 amide bonds. The van der Waals surface area contributed by atoms with E-state index in [1.54, 1.807) is 13.0 Å². The van der Waals surface area contributed by atoms with Crippen LogP contribution in [-0.4, -0.2) is 26.2 Å². The molecule has 0 saturated heterocycles. The fourth-order valence-electron chi connectivity index (χ4n) is 2.72. The molecular formula is C14H21ClN2O3S. The Labute approximate surface area is 130 Å². The molecule has 1 aromatic rings. The molecule has 2 atom stereocenters. The Morgan fingerprint density at radius 2 is 2.05 bits per heavy atom. The molecule has 1 saturated carbocycles. The van der Waals surface area contributed by atoms with E-state index in [1.165, 1.54) is 6.07 Å². The van der Waals surface area contributed by atoms with Crippen molar-refractivity contribution < 1.29 is 13.5 Å². The Kier molecular flexibility index (Phi) is 5.14. The van der Waals surface area contributed by atoms with Crippen molar-refractivity contribution in [1.82, 2.24) is 4.72 Å². The van der Waals surface area contributed by atoms with E-state index < -0.39 is 10.0 Å². The molecule has 1 aromatic carbocycles. The smallest absolute Gasteiger partial charge is 0.242 e. The van der Waals surface area contributed by atoms with Crippen molar-refractivity contribution in [2.45, 2.75) is 43.5 Å². The van der Waals surface area contributed by atoms with Crippen LogP contribution in [0, 0.1) is 12.8 Å². The summed E-state index contributed by atoms with van der Waals surface area (Å²) in [5.41, 5.74) is 6.91. The van der Waals surface area contributed by atoms with Crippen molar-refractivity contribution in [2.24, 2.45) is 5.92 Å². The Hall–Kier alpha value is -0.820. The second-order valence-electron chi connectivity index (χ2n) is 5.59. The van der Waals surface area contributed by atoms with Gasteiger partial charge in [-0.05, 0) is 43.4 Å². The molecule has 0 heterocycles. The van der Waals surface area contributed by atoms with Crippen molar-refractivity contribution in [2.75, 3.05) is 12.3 Å². The lowest BCUT2D eigenvalue weighted by molar-refractivity contribution is 0.164. The SMILES string of the molecule is Cc1cc(Cl)c(S(=O)(=O)NC2CCCCC2CO)cc1N. The van der Waals surface area contributed by atoms with Crippen molar-refractivity contribution in [3.05, 3.63) is 22.7 Å². The topological polar surface area (TPSA) is 92.4 Å². The van der Waals surface area contributed by atoms with Crippen LogP contribution in [0.3, 0.4) is 0 Å². The first kappa shape index (κ1) is 16.5. The highest BCUT2D eigenvalue weighted by Gasteiger charge is 2.30. The zero-order valence-corrected chi connectivity index (χ0v) is 13.5. The standard InChI is InChI=1S/C14H21ClN2O3S/c1-9-6-11(15)14(7-12(9)16)21(19,20)17-13-5-3-2-4-10(13)8-18/h6-7,10,13,17-18H,2-5,8,16H2,1H3. The van der Waals surface area contributed by atoms with Gasteiger partial charge in [-0.2, -0.15) is 0 Å². The normalized spacial score (nSPS) is 23.2. The molecule has 2 unspecified atom stereocenters. The number of nitrogens with one attached hydrogen (secondary N) is 1. The molecule has 0 bridgehead atoms. The first-order valence-electron chi connectivity index (χ1n) is 7.04. The molecule has 1 aliphatic carbocycles. The van der Waals surface area contributed by atoms with Gasteiger partial charge in [0.2, 0.25) is 10.0 Å². The summed E-state index contributed by atoms with van der Waals surface area (Å²) in [6.45, 7) is 1.75. The Morgan fingerprint density at radius 3 is 2.71 bits per heavy atom. The minimum absolute atomic E-state index is 0.00506. The summed E-state index contributed by atoms with van der Waals surface area (Å²) >= 11 is 6.05. The van der Waals surface area contributed by atoms with Crippen molar-refractivity contribution >= 4 is 27.3 Å². The van der Waals surface area contributed by atoms with Gasteiger partial charge in [0, 0.05) is 18.3 Å². The summed E-state index contributed by atoms with van der Waals surface area (Å²) in [6.07, 6.45) is 3.52. The molecule has 1 fully saturated rings. The second kappa shape index (κ2) is 6.52. The van der Waals surface area contributed by atoms with E-state index in [0.29, 0.717) is 5.69 Å². The predicted molar refractivity (Wildman–Crippen MR) is 83.8 cm³/mol. The molecular weight excluding hydrogens is 312 g/mol. The molecule has 118 valence electrons. The average Bonchev–Trinajstić information content (AvgIpc) is 2.43. The fraction of sp³-hybridized carbons (Fsp3) is 0.571. The van der Waals surface area contributed by atoms with Crippen LogP contribution in [0.15, 0.2) is 17.0 Å². The van der Waals surface area contributed by atoms with Crippen LogP contribution in [0.1, 0.15) is 31.2 Å². The van der Waals surface area contributed by atoms with E-state index in [1.807, 2.05) is 0 Å². The van der Waals surface area contributed by atoms with Gasteiger partial charge in [-0.3, -0.25) is 0 Å². The van der Waals surface area contributed by atoms with Gasteiger partial charge in [0.15, 0.2) is 0 Å². The van der Waals surface area contributed by atoms with E-state index >= 15 is 0 Å². The maximum atomic E-state index is 12.5. The number of rotatable bonds is 4. The molecule has 0 aromatic heterocycles. The molecule has 2 rings (SSSR count). The summed E-state index contributed by atoms with van der Waals surface area (Å²) in [5.74, 6) is -0.0462. The number of hydrogen-bond acceptors (Lipinski definition) is 4. The number of anilines is 1. The zero-order chi connectivity index (χ0) is 15.6. The van der Waals surface area contributed by atoms with Gasteiger partial charge in [-0.1, -0.05) is 24.4 Å². The number of aliphatic hydroxyl groups is 1. The lowest BCUT2D eigenvalue weighted by Gasteiger charge is -2.30. The van der Waals surface area contributed by atoms with Crippen LogP contribution < -0.4 is 10.5 Å². The highest BCUT2D eigenvalue weighted by molar-refractivity contribution is 7.89. The Morgan fingerprint density at radius 1 is 1.38 bits per heavy atom. The summed E-state index contributed by atoms with van der Waals surface area (Å²) in [4.78, 5) is -0.00506. The lowest BCUT2D eigenvalue weighted by Crippen LogP contribution is -2.43. The predicted octanol–water partition coefficient (Wildman–Crippen LogP) is 2.06. The van der Waals surface area contributed by atoms with Gasteiger partial charge < -0.3 is 10.8 Å². The van der Waals surface area contributed by atoms with Gasteiger partial charge in [-0.25, -0.2) is 13.1 Å². The monoisotopic (exact) mass is 332 g/mol. The van der Waals surface area contributed by atoms with Crippen LogP contribution in [-0.2, 0) is 10.0 Å². The number of nitrogen functional groups attached to an aromatic ring is 1. The molecule has 1 aliphatic rings. The van der Waals surface area contributed by atoms with Gasteiger partial charge in [0.25, 0.3) is 0 Å². The number of benzene rings is 1. The Balaban J connectivity index is 2.28. The number of nitrogens with two attached hydrogens (primary N) is 1. The molecule has 4 N–H and O–H groups in total. The summed E-state index contributed by atoms with van der Waals surface area (Å²) in [7, 11) is -3.75. The first-order chi connectivity index (χ1) is 9.85. The second-order valence-corrected chi connectivity index (χ2v) is 7.68. The third-order valence-corrected chi connectivity index (χ3v) is 6.01. The van der Waals surface area contributed by atoms with Crippen molar-refractivity contribution in [3.63, 3.8) is 0 Å². The maximum absolute atomic E-state index is 12.5. The number of aryl methyl sites for hydroxylation is 1. The van der Waals surface area contributed by atoms with Crippen molar-refractivity contribution in [3.8, 4) is 0 Å². The van der Waals surface area contributed by atoms with Crippen LogP contribution >= 0.6 is 11.6 Å². The van der Waals surface area contributed by atoms with E-state index in [2.05, 4.69) is 4.72 Å². The van der Waals surface area contributed by atoms with Crippen LogP contribution in [0.25, 0.3) is 0 Å². The third-order valence-electron chi connectivity index (χ3n) is 4.06. The third kappa shape index (κ3) is 3.69. The molecule has 5 nitrogen and oxygen atoms in total. The fourth-order valence-corrected chi connectivity index (χ4v) is 4.68. The lowest BCUT2D eigenvalue weighted by atomic mass is 9.86. The highest BCUT2D eigenvalue weighted by atomic mass is 35.5. The minimum Gasteiger partial charge on any atom is -0.398 e. The molecule has 21 heavy (non-hydrogen) atoms. The number of hydrogen-bond donors (Lipinski definition) is 3. The molecule has 0 spiro atoms. The van der Waals surface area contributed by atoms with E-state index in [9.17, 15) is 13.5 Å². The van der Waals surface area contributed by atoms with Crippen LogP contribution in [0.4, 0.5) is 5.69 Å². The minimum atomic E-state index is -3.75. The molecule has 0 aliphatic heterocycles. The number of sulfonamides is 1. The first-order valence-corrected chi connectivity index (χ1v) is 8.90. The summed E-state index contributed by atoms with van der Waals surface area (Å²) < 4.78 is 27.7. The van der Waals surface area contributed by atoms with Gasteiger partial charge in [0.1, 0.15) is 4.90 Å². The van der Waals surface area contributed by atoms with E-state index in [0.717, 1.165) is 31.2 Å². The van der Waals surface area contributed by atoms with Gasteiger partial charge in [-0.15, -0.1) is 0 Å². The summed E-state index contributed by atoms with van der Waals surface area (Å²) in [5, 5.41) is 9.54. The zero-order valence-electron chi connectivity index (χ0n) is 12.0. The molecule has 0 radical (unpaired) electrons. The largest absolute Gasteiger partial charge is 0.398 e. The van der Waals surface area contributed by atoms with Crippen LogP contribution in [0.2, 0.25) is 5.02 Å². The number of halogens is 1. The maximum Gasteiger partial charge on any atom is 0.242 e. The summed E-state index contributed by atoms with van der Waals surface area (Å²) in [6, 6.07) is 2.68. The number of aliphatic hydroxyl groups excluding tert-OH is 1. The van der Waals surface area contributed by atoms with Gasteiger partial charge >= 0.3 is 0 Å². The Bertz CT molecular complexity index is 619. The van der Waals surface area contributed by atoms with Gasteiger partial charge in [0.05, 0.1) is 5.02 Å². The average molecular weight is 333 g/mol. The quantitative estimate of drug-likeness (QED) is 0.736. The van der Waals surface area contributed by atoms with E-state index in [-0.39, 0.29) is 28.5 Å². The van der Waals surface area contributed by atoms with Crippen molar-refractivity contribution in [1.29, 1.82) is 0 Å². The molecule has 7 heteroatoms.